The van der Waals surface area contributed by atoms with E-state index in [9.17, 15) is 19.2 Å². The SMILES string of the molecule is COc1ccc(C[C@H](NC(=O)[C@@H](C)NC(=O)c2ncc[nH]2)C(=O)N[C@@H](CCC2CCCC2)C(=O)[C@H]2CO2)cc1. The number of carbonyl (C=O) groups is 4. The lowest BCUT2D eigenvalue weighted by atomic mass is 9.95. The Balaban J connectivity index is 1.44. The second-order valence-electron chi connectivity index (χ2n) is 10.3. The van der Waals surface area contributed by atoms with E-state index in [-0.39, 0.29) is 18.0 Å². The highest BCUT2D eigenvalue weighted by molar-refractivity contribution is 5.97. The number of aromatic nitrogens is 2. The fourth-order valence-corrected chi connectivity index (χ4v) is 4.92. The van der Waals surface area contributed by atoms with Crippen LogP contribution < -0.4 is 20.7 Å². The number of benzene rings is 1. The molecule has 11 nitrogen and oxygen atoms in total. The van der Waals surface area contributed by atoms with Gasteiger partial charge in [-0.3, -0.25) is 19.2 Å². The van der Waals surface area contributed by atoms with Crippen LogP contribution in [0.4, 0.5) is 0 Å². The fraction of sp³-hybridized carbons (Fsp3) is 0.536. The molecule has 1 aromatic carbocycles. The number of Topliss-reactive ketones (excluding diaryl/α,β-unsaturated/α-hetero) is 1. The standard InChI is InChI=1S/C28H37N5O6/c1-17(31-28(37)25-29-13-14-30-25)26(35)33-22(15-19-7-10-20(38-2)11-8-19)27(36)32-21(24(34)23-16-39-23)12-9-18-5-3-4-6-18/h7-8,10-11,13-14,17-18,21-23H,3-6,9,12,15-16H2,1-2H3,(H,29,30)(H,31,37)(H,32,36)(H,33,35)/t17-,21+,22+,23-/m1/s1. The van der Waals surface area contributed by atoms with E-state index in [4.69, 9.17) is 9.47 Å². The minimum absolute atomic E-state index is 0.0769. The zero-order valence-electron chi connectivity index (χ0n) is 22.4. The maximum atomic E-state index is 13.5. The van der Waals surface area contributed by atoms with Crippen LogP contribution in [-0.4, -0.2) is 71.4 Å². The quantitative estimate of drug-likeness (QED) is 0.266. The van der Waals surface area contributed by atoms with Gasteiger partial charge in [0.05, 0.1) is 19.8 Å². The van der Waals surface area contributed by atoms with Crippen molar-refractivity contribution >= 4 is 23.5 Å². The summed E-state index contributed by atoms with van der Waals surface area (Å²) in [6.45, 7) is 1.89. The molecule has 4 rings (SSSR count). The number of ketones is 1. The van der Waals surface area contributed by atoms with E-state index in [0.29, 0.717) is 24.7 Å². The van der Waals surface area contributed by atoms with Crippen molar-refractivity contribution in [1.29, 1.82) is 0 Å². The Hall–Kier alpha value is -3.73. The number of methoxy groups -OCH3 is 1. The summed E-state index contributed by atoms with van der Waals surface area (Å²) < 4.78 is 10.4. The number of amides is 3. The van der Waals surface area contributed by atoms with Crippen molar-refractivity contribution < 1.29 is 28.7 Å². The molecule has 2 aromatic rings. The lowest BCUT2D eigenvalue weighted by Gasteiger charge is -2.25. The van der Waals surface area contributed by atoms with Gasteiger partial charge in [-0.2, -0.15) is 0 Å². The average molecular weight is 540 g/mol. The monoisotopic (exact) mass is 539 g/mol. The van der Waals surface area contributed by atoms with E-state index < -0.39 is 42.0 Å². The summed E-state index contributed by atoms with van der Waals surface area (Å²) in [6, 6.07) is 4.58. The summed E-state index contributed by atoms with van der Waals surface area (Å²) in [5.41, 5.74) is 0.794. The van der Waals surface area contributed by atoms with Gasteiger partial charge in [0.1, 0.15) is 23.9 Å². The molecule has 0 radical (unpaired) electrons. The number of rotatable bonds is 14. The first-order valence-electron chi connectivity index (χ1n) is 13.5. The van der Waals surface area contributed by atoms with Crippen molar-refractivity contribution in [2.24, 2.45) is 5.92 Å². The van der Waals surface area contributed by atoms with Crippen LogP contribution in [0.5, 0.6) is 5.75 Å². The summed E-state index contributed by atoms with van der Waals surface area (Å²) in [5.74, 6) is -0.369. The van der Waals surface area contributed by atoms with Crippen LogP contribution in [0.1, 0.15) is 61.6 Å². The lowest BCUT2D eigenvalue weighted by Crippen LogP contribution is -2.56. The number of H-pyrrole nitrogens is 1. The topological polar surface area (TPSA) is 155 Å². The van der Waals surface area contributed by atoms with E-state index in [0.717, 1.165) is 24.8 Å². The highest BCUT2D eigenvalue weighted by Gasteiger charge is 2.38. The Kier molecular flexibility index (Phi) is 9.69. The number of epoxide rings is 1. The molecular weight excluding hydrogens is 502 g/mol. The highest BCUT2D eigenvalue weighted by Crippen LogP contribution is 2.29. The second kappa shape index (κ2) is 13.4. The number of hydrogen-bond donors (Lipinski definition) is 4. The van der Waals surface area contributed by atoms with Crippen LogP contribution in [0, 0.1) is 5.92 Å². The first kappa shape index (κ1) is 28.3. The minimum Gasteiger partial charge on any atom is -0.497 e. The maximum Gasteiger partial charge on any atom is 0.287 e. The molecule has 2 aliphatic rings. The Labute approximate surface area is 227 Å². The van der Waals surface area contributed by atoms with E-state index in [1.165, 1.54) is 32.2 Å². The Morgan fingerprint density at radius 2 is 1.74 bits per heavy atom. The molecular formula is C28H37N5O6. The first-order valence-corrected chi connectivity index (χ1v) is 13.5. The van der Waals surface area contributed by atoms with Crippen molar-refractivity contribution in [3.05, 3.63) is 48.0 Å². The molecule has 3 amide bonds. The Morgan fingerprint density at radius 3 is 2.36 bits per heavy atom. The molecule has 1 saturated carbocycles. The molecule has 4 N–H and O–H groups in total. The van der Waals surface area contributed by atoms with Crippen LogP contribution in [-0.2, 0) is 25.5 Å². The highest BCUT2D eigenvalue weighted by atomic mass is 16.6. The van der Waals surface area contributed by atoms with Crippen LogP contribution in [0.2, 0.25) is 0 Å². The van der Waals surface area contributed by atoms with Gasteiger partial charge in [-0.05, 0) is 43.4 Å². The molecule has 1 aliphatic heterocycles. The number of nitrogens with one attached hydrogen (secondary N) is 4. The summed E-state index contributed by atoms with van der Waals surface area (Å²) in [5, 5.41) is 8.24. The van der Waals surface area contributed by atoms with Gasteiger partial charge in [0.2, 0.25) is 11.8 Å². The molecule has 0 bridgehead atoms. The van der Waals surface area contributed by atoms with Gasteiger partial charge in [-0.1, -0.05) is 37.8 Å². The number of imidazole rings is 1. The van der Waals surface area contributed by atoms with Gasteiger partial charge in [0, 0.05) is 18.8 Å². The Morgan fingerprint density at radius 1 is 1.05 bits per heavy atom. The third kappa shape index (κ3) is 8.13. The minimum atomic E-state index is -0.976. The van der Waals surface area contributed by atoms with Crippen molar-refractivity contribution in [2.75, 3.05) is 13.7 Å². The fourth-order valence-electron chi connectivity index (χ4n) is 4.92. The van der Waals surface area contributed by atoms with Gasteiger partial charge in [-0.25, -0.2) is 4.98 Å². The number of ether oxygens (including phenoxy) is 2. The molecule has 11 heteroatoms. The number of hydrogen-bond acceptors (Lipinski definition) is 7. The lowest BCUT2D eigenvalue weighted by molar-refractivity contribution is -0.132. The molecule has 0 spiro atoms. The van der Waals surface area contributed by atoms with Crippen LogP contribution in [0.25, 0.3) is 0 Å². The van der Waals surface area contributed by atoms with Crippen molar-refractivity contribution in [1.82, 2.24) is 25.9 Å². The number of nitrogens with zero attached hydrogens (tertiary/aromatic N) is 1. The van der Waals surface area contributed by atoms with Crippen molar-refractivity contribution in [3.8, 4) is 5.75 Å². The molecule has 2 heterocycles. The van der Waals surface area contributed by atoms with Gasteiger partial charge in [-0.15, -0.1) is 0 Å². The molecule has 2 fully saturated rings. The Bertz CT molecular complexity index is 1130. The van der Waals surface area contributed by atoms with E-state index >= 15 is 0 Å². The zero-order chi connectivity index (χ0) is 27.8. The smallest absolute Gasteiger partial charge is 0.287 e. The van der Waals surface area contributed by atoms with E-state index in [1.807, 2.05) is 12.1 Å². The van der Waals surface area contributed by atoms with Gasteiger partial charge < -0.3 is 30.4 Å². The maximum absolute atomic E-state index is 13.5. The van der Waals surface area contributed by atoms with Gasteiger partial charge in [0.15, 0.2) is 11.6 Å². The normalized spacial score (nSPS) is 19.0. The number of carbonyl (C=O) groups excluding carboxylic acids is 4. The molecule has 1 aliphatic carbocycles. The van der Waals surface area contributed by atoms with Crippen LogP contribution in [0.15, 0.2) is 36.7 Å². The summed E-state index contributed by atoms with van der Waals surface area (Å²) in [4.78, 5) is 58.5. The molecule has 4 atom stereocenters. The summed E-state index contributed by atoms with van der Waals surface area (Å²) >= 11 is 0. The predicted molar refractivity (Wildman–Crippen MR) is 142 cm³/mol. The third-order valence-corrected chi connectivity index (χ3v) is 7.33. The first-order chi connectivity index (χ1) is 18.8. The molecule has 210 valence electrons. The second-order valence-corrected chi connectivity index (χ2v) is 10.3. The summed E-state index contributed by atoms with van der Waals surface area (Å²) in [6.07, 6.45) is 8.73. The zero-order valence-corrected chi connectivity index (χ0v) is 22.4. The van der Waals surface area contributed by atoms with Gasteiger partial charge >= 0.3 is 0 Å². The molecule has 39 heavy (non-hydrogen) atoms. The van der Waals surface area contributed by atoms with E-state index in [1.54, 1.807) is 19.2 Å². The molecule has 0 unspecified atom stereocenters. The molecule has 1 saturated heterocycles. The van der Waals surface area contributed by atoms with Crippen molar-refractivity contribution in [3.63, 3.8) is 0 Å². The predicted octanol–water partition coefficient (Wildman–Crippen LogP) is 1.69. The average Bonchev–Trinajstić information content (AvgIpc) is 3.38. The molecule has 1 aromatic heterocycles. The largest absolute Gasteiger partial charge is 0.497 e. The summed E-state index contributed by atoms with van der Waals surface area (Å²) in [7, 11) is 1.57. The van der Waals surface area contributed by atoms with E-state index in [2.05, 4.69) is 25.9 Å². The van der Waals surface area contributed by atoms with Crippen LogP contribution >= 0.6 is 0 Å². The number of aromatic amines is 1. The third-order valence-electron chi connectivity index (χ3n) is 7.33. The van der Waals surface area contributed by atoms with Gasteiger partial charge in [0.25, 0.3) is 5.91 Å². The van der Waals surface area contributed by atoms with Crippen LogP contribution in [0.3, 0.4) is 0 Å². The van der Waals surface area contributed by atoms with Crippen molar-refractivity contribution in [2.45, 2.75) is 76.1 Å².